The molecule has 0 radical (unpaired) electrons. The molecule has 1 aromatic carbocycles. The number of rotatable bonds is 4. The molecule has 0 aromatic heterocycles. The van der Waals surface area contributed by atoms with Gasteiger partial charge in [-0.3, -0.25) is 4.99 Å². The van der Waals surface area contributed by atoms with E-state index in [9.17, 15) is 0 Å². The molecule has 0 spiro atoms. The summed E-state index contributed by atoms with van der Waals surface area (Å²) >= 11 is 0. The van der Waals surface area contributed by atoms with Crippen molar-refractivity contribution in [3.63, 3.8) is 0 Å². The summed E-state index contributed by atoms with van der Waals surface area (Å²) in [5, 5.41) is 0. The first-order valence-corrected chi connectivity index (χ1v) is 5.28. The van der Waals surface area contributed by atoms with E-state index in [-0.39, 0.29) is 0 Å². The van der Waals surface area contributed by atoms with E-state index in [0.29, 0.717) is 0 Å². The van der Waals surface area contributed by atoms with Gasteiger partial charge in [-0.15, -0.1) is 0 Å². The topological polar surface area (TPSA) is 12.4 Å². The summed E-state index contributed by atoms with van der Waals surface area (Å²) < 4.78 is 0. The van der Waals surface area contributed by atoms with E-state index in [1.165, 1.54) is 16.7 Å². The molecule has 0 aliphatic carbocycles. The summed E-state index contributed by atoms with van der Waals surface area (Å²) in [5.41, 5.74) is 4.08. The quantitative estimate of drug-likeness (QED) is 0.644. The lowest BCUT2D eigenvalue weighted by Crippen LogP contribution is -1.92. The Morgan fingerprint density at radius 2 is 2.07 bits per heavy atom. The molecule has 1 nitrogen and oxygen atoms in total. The van der Waals surface area contributed by atoms with Crippen LogP contribution in [0.25, 0.3) is 0 Å². The summed E-state index contributed by atoms with van der Waals surface area (Å²) in [6.07, 6.45) is 4.12. The number of aryl methyl sites for hydroxylation is 2. The second kappa shape index (κ2) is 5.58. The maximum atomic E-state index is 4.32. The molecule has 76 valence electrons. The fraction of sp³-hybridized carbons (Fsp3) is 0.462. The molecule has 1 aromatic rings. The highest BCUT2D eigenvalue weighted by Gasteiger charge is 1.95. The average molecular weight is 189 g/mol. The minimum atomic E-state index is 0.949. The maximum Gasteiger partial charge on any atom is 0.0382 e. The van der Waals surface area contributed by atoms with E-state index in [1.54, 1.807) is 0 Å². The minimum Gasteiger partial charge on any atom is -0.297 e. The van der Waals surface area contributed by atoms with Crippen molar-refractivity contribution in [3.05, 3.63) is 34.9 Å². The van der Waals surface area contributed by atoms with Crippen LogP contribution in [0, 0.1) is 13.8 Å². The Hall–Kier alpha value is -1.11. The van der Waals surface area contributed by atoms with Crippen LogP contribution in [-0.4, -0.2) is 12.8 Å². The van der Waals surface area contributed by atoms with Gasteiger partial charge in [0.15, 0.2) is 0 Å². The molecular formula is C13H19N. The lowest BCUT2D eigenvalue weighted by Gasteiger charge is -2.03. The Kier molecular flexibility index (Phi) is 4.37. The van der Waals surface area contributed by atoms with Gasteiger partial charge >= 0.3 is 0 Å². The highest BCUT2D eigenvalue weighted by Crippen LogP contribution is 2.10. The van der Waals surface area contributed by atoms with Crippen molar-refractivity contribution in [2.75, 3.05) is 6.54 Å². The maximum absolute atomic E-state index is 4.32. The van der Waals surface area contributed by atoms with E-state index in [2.05, 4.69) is 44.0 Å². The third-order valence-electron chi connectivity index (χ3n) is 2.29. The Morgan fingerprint density at radius 3 is 2.71 bits per heavy atom. The van der Waals surface area contributed by atoms with Crippen LogP contribution < -0.4 is 0 Å². The predicted molar refractivity (Wildman–Crippen MR) is 63.3 cm³/mol. The monoisotopic (exact) mass is 189 g/mol. The van der Waals surface area contributed by atoms with E-state index in [1.807, 2.05) is 6.21 Å². The van der Waals surface area contributed by atoms with Gasteiger partial charge in [0.25, 0.3) is 0 Å². The zero-order valence-electron chi connectivity index (χ0n) is 9.38. The van der Waals surface area contributed by atoms with E-state index >= 15 is 0 Å². The van der Waals surface area contributed by atoms with Crippen LogP contribution in [0.15, 0.2) is 23.2 Å². The Labute approximate surface area is 86.9 Å². The third kappa shape index (κ3) is 3.33. The molecule has 14 heavy (non-hydrogen) atoms. The fourth-order valence-electron chi connectivity index (χ4n) is 1.46. The highest BCUT2D eigenvalue weighted by atomic mass is 14.7. The number of aliphatic imine (C=N–C) groups is 1. The van der Waals surface area contributed by atoms with Crippen molar-refractivity contribution in [1.29, 1.82) is 0 Å². The molecule has 1 rings (SSSR count). The zero-order valence-corrected chi connectivity index (χ0v) is 9.38. The summed E-state index contributed by atoms with van der Waals surface area (Å²) in [5.74, 6) is 0. The standard InChI is InChI=1S/C13H19N/c1-4-8-14-9-7-13-6-5-11(2)10-12(13)3/h5-6,9-10H,4,7-8H2,1-3H3. The molecule has 0 atom stereocenters. The summed E-state index contributed by atoms with van der Waals surface area (Å²) in [6.45, 7) is 7.39. The number of nitrogens with zero attached hydrogens (tertiary/aromatic N) is 1. The zero-order chi connectivity index (χ0) is 10.4. The van der Waals surface area contributed by atoms with Crippen LogP contribution in [0.3, 0.4) is 0 Å². The minimum absolute atomic E-state index is 0.949. The second-order valence-electron chi connectivity index (χ2n) is 3.72. The molecule has 0 saturated heterocycles. The van der Waals surface area contributed by atoms with E-state index in [4.69, 9.17) is 0 Å². The van der Waals surface area contributed by atoms with Gasteiger partial charge in [0, 0.05) is 19.2 Å². The van der Waals surface area contributed by atoms with Crippen molar-refractivity contribution < 1.29 is 0 Å². The molecule has 0 fully saturated rings. The molecule has 0 aliphatic heterocycles. The van der Waals surface area contributed by atoms with Gasteiger partial charge in [-0.25, -0.2) is 0 Å². The molecule has 0 saturated carbocycles. The predicted octanol–water partition coefficient (Wildman–Crippen LogP) is 3.33. The number of benzene rings is 1. The first kappa shape index (κ1) is 11.0. The lowest BCUT2D eigenvalue weighted by atomic mass is 10.0. The smallest absolute Gasteiger partial charge is 0.0382 e. The van der Waals surface area contributed by atoms with Crippen molar-refractivity contribution in [3.8, 4) is 0 Å². The lowest BCUT2D eigenvalue weighted by molar-refractivity contribution is 0.933. The van der Waals surface area contributed by atoms with E-state index in [0.717, 1.165) is 19.4 Å². The summed E-state index contributed by atoms with van der Waals surface area (Å²) in [7, 11) is 0. The molecule has 0 amide bonds. The molecule has 0 bridgehead atoms. The SMILES string of the molecule is CCCN=CCc1ccc(C)cc1C. The van der Waals surface area contributed by atoms with Crippen LogP contribution in [-0.2, 0) is 6.42 Å². The largest absolute Gasteiger partial charge is 0.297 e. The van der Waals surface area contributed by atoms with Gasteiger partial charge in [0.1, 0.15) is 0 Å². The molecule has 1 heteroatoms. The Balaban J connectivity index is 2.59. The third-order valence-corrected chi connectivity index (χ3v) is 2.29. The second-order valence-corrected chi connectivity index (χ2v) is 3.72. The summed E-state index contributed by atoms with van der Waals surface area (Å²) in [6, 6.07) is 6.58. The molecule has 0 aliphatic rings. The van der Waals surface area contributed by atoms with Crippen molar-refractivity contribution >= 4 is 6.21 Å². The van der Waals surface area contributed by atoms with Crippen LogP contribution in [0.1, 0.15) is 30.0 Å². The van der Waals surface area contributed by atoms with Gasteiger partial charge in [-0.05, 0) is 31.4 Å². The Morgan fingerprint density at radius 1 is 1.29 bits per heavy atom. The van der Waals surface area contributed by atoms with Crippen LogP contribution in [0.5, 0.6) is 0 Å². The van der Waals surface area contributed by atoms with Crippen LogP contribution >= 0.6 is 0 Å². The van der Waals surface area contributed by atoms with Gasteiger partial charge < -0.3 is 0 Å². The normalized spacial score (nSPS) is 11.1. The highest BCUT2D eigenvalue weighted by molar-refractivity contribution is 5.62. The average Bonchev–Trinajstić information content (AvgIpc) is 2.15. The first-order valence-electron chi connectivity index (χ1n) is 5.28. The van der Waals surface area contributed by atoms with Gasteiger partial charge in [0.2, 0.25) is 0 Å². The molecule has 0 heterocycles. The molecule has 0 N–H and O–H groups in total. The van der Waals surface area contributed by atoms with Crippen molar-refractivity contribution in [2.45, 2.75) is 33.6 Å². The molecular weight excluding hydrogens is 170 g/mol. The number of hydrogen-bond donors (Lipinski definition) is 0. The summed E-state index contributed by atoms with van der Waals surface area (Å²) in [4.78, 5) is 4.32. The van der Waals surface area contributed by atoms with Crippen molar-refractivity contribution in [2.24, 2.45) is 4.99 Å². The van der Waals surface area contributed by atoms with Gasteiger partial charge in [0.05, 0.1) is 0 Å². The van der Waals surface area contributed by atoms with Gasteiger partial charge in [-0.2, -0.15) is 0 Å². The van der Waals surface area contributed by atoms with Gasteiger partial charge in [-0.1, -0.05) is 30.7 Å². The Bertz CT molecular complexity index is 313. The fourth-order valence-corrected chi connectivity index (χ4v) is 1.46. The molecule has 0 unspecified atom stereocenters. The number of hydrogen-bond acceptors (Lipinski definition) is 1. The van der Waals surface area contributed by atoms with Crippen molar-refractivity contribution in [1.82, 2.24) is 0 Å². The van der Waals surface area contributed by atoms with Crippen LogP contribution in [0.2, 0.25) is 0 Å². The van der Waals surface area contributed by atoms with Crippen LogP contribution in [0.4, 0.5) is 0 Å². The first-order chi connectivity index (χ1) is 6.74. The van der Waals surface area contributed by atoms with E-state index < -0.39 is 0 Å².